The van der Waals surface area contributed by atoms with E-state index in [1.54, 1.807) is 23.9 Å². The summed E-state index contributed by atoms with van der Waals surface area (Å²) in [6.07, 6.45) is 5.81. The van der Waals surface area contributed by atoms with Crippen LogP contribution in [0.5, 0.6) is 5.75 Å². The molecule has 0 radical (unpaired) electrons. The van der Waals surface area contributed by atoms with Crippen LogP contribution in [0.2, 0.25) is 5.02 Å². The molecule has 10 heteroatoms. The monoisotopic (exact) mass is 516 g/mol. The number of ether oxygens (including phenoxy) is 3. The molecule has 1 saturated heterocycles. The summed E-state index contributed by atoms with van der Waals surface area (Å²) in [4.78, 5) is 15.6. The summed E-state index contributed by atoms with van der Waals surface area (Å²) in [7, 11) is 0. The predicted octanol–water partition coefficient (Wildman–Crippen LogP) is 5.72. The van der Waals surface area contributed by atoms with Crippen LogP contribution in [-0.2, 0) is 28.9 Å². The van der Waals surface area contributed by atoms with Crippen molar-refractivity contribution >= 4 is 57.1 Å². The summed E-state index contributed by atoms with van der Waals surface area (Å²) in [6, 6.07) is 11.4. The first-order valence-corrected chi connectivity index (χ1v) is 12.0. The molecular formula is C24H22Cl2N4O3S. The van der Waals surface area contributed by atoms with Gasteiger partial charge in [0.2, 0.25) is 0 Å². The fourth-order valence-corrected chi connectivity index (χ4v) is 5.91. The minimum Gasteiger partial charge on any atom is -0.486 e. The van der Waals surface area contributed by atoms with E-state index < -0.39 is 5.79 Å². The van der Waals surface area contributed by atoms with E-state index in [9.17, 15) is 0 Å². The van der Waals surface area contributed by atoms with Gasteiger partial charge >= 0.3 is 0 Å². The molecule has 4 heterocycles. The molecule has 0 saturated carbocycles. The van der Waals surface area contributed by atoms with Crippen molar-refractivity contribution in [2.45, 2.75) is 31.7 Å². The topological polar surface area (TPSA) is 78.4 Å². The molecule has 7 nitrogen and oxygen atoms in total. The van der Waals surface area contributed by atoms with Gasteiger partial charge in [-0.2, -0.15) is 0 Å². The number of hydrogen-bond acceptors (Lipinski definition) is 8. The zero-order chi connectivity index (χ0) is 22.3. The standard InChI is InChI=1S/C24H21ClN4O3S.ClH/c25-18-11-15(4-5-19(18)30-13-16-3-1-2-8-26-16)29-22-21-17-6-7-24(31-9-10-32-24)12-20(17)33-23(21)28-14-27-22;/h1-5,8,11,14H,6-7,9-10,12-13H2,(H,27,28,29);1H. The summed E-state index contributed by atoms with van der Waals surface area (Å²) in [6.45, 7) is 1.68. The highest BCUT2D eigenvalue weighted by Gasteiger charge is 2.41. The molecule has 0 atom stereocenters. The highest BCUT2D eigenvalue weighted by molar-refractivity contribution is 7.19. The largest absolute Gasteiger partial charge is 0.486 e. The number of pyridine rings is 1. The van der Waals surface area contributed by atoms with E-state index in [-0.39, 0.29) is 12.4 Å². The fraction of sp³-hybridized carbons (Fsp3) is 0.292. The molecule has 0 amide bonds. The molecule has 34 heavy (non-hydrogen) atoms. The molecule has 6 rings (SSSR count). The third kappa shape index (κ3) is 4.44. The Bertz CT molecular complexity index is 1310. The number of thiophene rings is 1. The molecular weight excluding hydrogens is 495 g/mol. The quantitative estimate of drug-likeness (QED) is 0.363. The Morgan fingerprint density at radius 2 is 2.00 bits per heavy atom. The Morgan fingerprint density at radius 1 is 1.12 bits per heavy atom. The summed E-state index contributed by atoms with van der Waals surface area (Å²) in [5, 5.41) is 5.01. The van der Waals surface area contributed by atoms with Gasteiger partial charge in [0.1, 0.15) is 29.3 Å². The van der Waals surface area contributed by atoms with Gasteiger partial charge in [-0.1, -0.05) is 17.7 Å². The lowest BCUT2D eigenvalue weighted by atomic mass is 9.92. The Hall–Kier alpha value is -2.49. The van der Waals surface area contributed by atoms with Crippen LogP contribution < -0.4 is 10.1 Å². The zero-order valence-corrected chi connectivity index (χ0v) is 20.5. The van der Waals surface area contributed by atoms with Gasteiger partial charge in [-0.25, -0.2) is 9.97 Å². The Morgan fingerprint density at radius 3 is 2.79 bits per heavy atom. The third-order valence-electron chi connectivity index (χ3n) is 5.97. The molecule has 1 aromatic carbocycles. The summed E-state index contributed by atoms with van der Waals surface area (Å²) < 4.78 is 17.7. The van der Waals surface area contributed by atoms with Crippen LogP contribution in [0.15, 0.2) is 48.9 Å². The van der Waals surface area contributed by atoms with Crippen LogP contribution in [0.25, 0.3) is 10.2 Å². The summed E-state index contributed by atoms with van der Waals surface area (Å²) in [5.74, 6) is 0.920. The lowest BCUT2D eigenvalue weighted by molar-refractivity contribution is -0.163. The van der Waals surface area contributed by atoms with E-state index in [0.717, 1.165) is 46.7 Å². The predicted molar refractivity (Wildman–Crippen MR) is 135 cm³/mol. The highest BCUT2D eigenvalue weighted by atomic mass is 35.5. The van der Waals surface area contributed by atoms with E-state index in [1.165, 1.54) is 10.4 Å². The van der Waals surface area contributed by atoms with Crippen LogP contribution in [0.4, 0.5) is 11.5 Å². The number of anilines is 2. The number of nitrogens with zero attached hydrogens (tertiary/aromatic N) is 3. The minimum atomic E-state index is -0.465. The molecule has 2 aliphatic rings. The SMILES string of the molecule is Cl.Clc1cc(Nc2ncnc3sc4c(c23)CCC2(C4)OCCO2)ccc1OCc1ccccn1. The van der Waals surface area contributed by atoms with Crippen molar-refractivity contribution in [3.63, 3.8) is 0 Å². The van der Waals surface area contributed by atoms with Gasteiger partial charge in [0, 0.05) is 29.6 Å². The van der Waals surface area contributed by atoms with Crippen LogP contribution in [0.3, 0.4) is 0 Å². The van der Waals surface area contributed by atoms with Gasteiger partial charge in [-0.05, 0) is 42.3 Å². The number of halogens is 2. The van der Waals surface area contributed by atoms with Crippen LogP contribution in [-0.4, -0.2) is 34.0 Å². The number of aromatic nitrogens is 3. The van der Waals surface area contributed by atoms with E-state index in [4.69, 9.17) is 25.8 Å². The first kappa shape index (κ1) is 23.3. The van der Waals surface area contributed by atoms with Gasteiger partial charge in [-0.3, -0.25) is 4.98 Å². The second-order valence-corrected chi connectivity index (χ2v) is 9.56. The van der Waals surface area contributed by atoms with Crippen molar-refractivity contribution in [3.05, 3.63) is 70.1 Å². The van der Waals surface area contributed by atoms with E-state index in [0.29, 0.717) is 30.6 Å². The lowest BCUT2D eigenvalue weighted by Gasteiger charge is -2.31. The fourth-order valence-electron chi connectivity index (χ4n) is 4.40. The maximum Gasteiger partial charge on any atom is 0.173 e. The third-order valence-corrected chi connectivity index (χ3v) is 7.40. The number of rotatable bonds is 5. The van der Waals surface area contributed by atoms with Gasteiger partial charge in [0.25, 0.3) is 0 Å². The zero-order valence-electron chi connectivity index (χ0n) is 18.1. The molecule has 1 spiro atoms. The Kier molecular flexibility index (Phi) is 6.59. The number of fused-ring (bicyclic) bond motifs is 3. The number of benzene rings is 1. The van der Waals surface area contributed by atoms with Crippen LogP contribution >= 0.6 is 35.3 Å². The van der Waals surface area contributed by atoms with Crippen molar-refractivity contribution in [3.8, 4) is 5.75 Å². The second kappa shape index (κ2) is 9.64. The van der Waals surface area contributed by atoms with Gasteiger partial charge < -0.3 is 19.5 Å². The van der Waals surface area contributed by atoms with Crippen molar-refractivity contribution in [1.82, 2.24) is 15.0 Å². The molecule has 1 aliphatic carbocycles. The number of hydrogen-bond donors (Lipinski definition) is 1. The maximum atomic E-state index is 6.50. The number of nitrogens with one attached hydrogen (secondary N) is 1. The minimum absolute atomic E-state index is 0. The van der Waals surface area contributed by atoms with Gasteiger partial charge in [0.05, 0.1) is 29.3 Å². The van der Waals surface area contributed by atoms with Crippen molar-refractivity contribution in [1.29, 1.82) is 0 Å². The average molecular weight is 517 g/mol. The first-order valence-electron chi connectivity index (χ1n) is 10.8. The molecule has 4 aromatic rings. The second-order valence-electron chi connectivity index (χ2n) is 8.07. The van der Waals surface area contributed by atoms with E-state index in [2.05, 4.69) is 20.3 Å². The molecule has 3 aromatic heterocycles. The molecule has 0 unspecified atom stereocenters. The summed E-state index contributed by atoms with van der Waals surface area (Å²) >= 11 is 8.19. The van der Waals surface area contributed by atoms with E-state index in [1.807, 2.05) is 36.4 Å². The highest BCUT2D eigenvalue weighted by Crippen LogP contribution is 2.44. The molecule has 0 bridgehead atoms. The van der Waals surface area contributed by atoms with Crippen LogP contribution in [0, 0.1) is 0 Å². The smallest absolute Gasteiger partial charge is 0.173 e. The normalized spacial score (nSPS) is 16.3. The summed E-state index contributed by atoms with van der Waals surface area (Å²) in [5.41, 5.74) is 2.96. The van der Waals surface area contributed by atoms with E-state index >= 15 is 0 Å². The van der Waals surface area contributed by atoms with Crippen molar-refractivity contribution in [2.24, 2.45) is 0 Å². The molecule has 1 N–H and O–H groups in total. The molecule has 176 valence electrons. The Labute approximate surface area is 211 Å². The maximum absolute atomic E-state index is 6.50. The first-order chi connectivity index (χ1) is 16.2. The van der Waals surface area contributed by atoms with Crippen molar-refractivity contribution in [2.75, 3.05) is 18.5 Å². The van der Waals surface area contributed by atoms with Gasteiger partial charge in [0.15, 0.2) is 5.79 Å². The molecule has 1 fully saturated rings. The van der Waals surface area contributed by atoms with Gasteiger partial charge in [-0.15, -0.1) is 23.7 Å². The molecule has 1 aliphatic heterocycles. The van der Waals surface area contributed by atoms with Crippen LogP contribution in [0.1, 0.15) is 22.6 Å². The van der Waals surface area contributed by atoms with Crippen molar-refractivity contribution < 1.29 is 14.2 Å². The Balaban J connectivity index is 0.00000241. The number of aryl methyl sites for hydroxylation is 1. The average Bonchev–Trinajstić information content (AvgIpc) is 3.44. The lowest BCUT2D eigenvalue weighted by Crippen LogP contribution is -2.36.